The maximum absolute atomic E-state index is 10.4. The largest absolute Gasteiger partial charge is 0.479 e. The highest BCUT2D eigenvalue weighted by Gasteiger charge is 2.31. The number of carbonyl (C=O) groups is 3. The molecule has 0 saturated heterocycles. The molecule has 1 atom stereocenters. The van der Waals surface area contributed by atoms with Crippen LogP contribution in [-0.4, -0.2) is 43.5 Å². The van der Waals surface area contributed by atoms with Crippen LogP contribution in [0.3, 0.4) is 0 Å². The van der Waals surface area contributed by atoms with Crippen LogP contribution in [0.25, 0.3) is 0 Å². The van der Waals surface area contributed by atoms with Crippen LogP contribution >= 0.6 is 0 Å². The minimum atomic E-state index is -1.57. The van der Waals surface area contributed by atoms with E-state index >= 15 is 0 Å². The molecule has 0 radical (unpaired) electrons. The Balaban J connectivity index is 4.36. The fraction of sp³-hybridized carbons (Fsp3) is 0.500. The molecule has 0 amide bonds. The van der Waals surface area contributed by atoms with Gasteiger partial charge in [0.2, 0.25) is 6.10 Å². The second-order valence-electron chi connectivity index (χ2n) is 1.83. The molecule has 0 aromatic heterocycles. The van der Waals surface area contributed by atoms with Gasteiger partial charge >= 0.3 is 5.97 Å². The molecule has 0 bridgehead atoms. The van der Waals surface area contributed by atoms with E-state index in [2.05, 4.69) is 14.2 Å². The van der Waals surface area contributed by atoms with Crippen molar-refractivity contribution in [1.29, 1.82) is 0 Å². The van der Waals surface area contributed by atoms with Gasteiger partial charge in [-0.1, -0.05) is 0 Å². The number of ether oxygens (including phenoxy) is 3. The van der Waals surface area contributed by atoms with E-state index in [1.165, 1.54) is 0 Å². The quantitative estimate of drug-likeness (QED) is 0.397. The summed E-state index contributed by atoms with van der Waals surface area (Å²) in [6, 6.07) is 0. The smallest absolute Gasteiger partial charge is 0.340 e. The minimum Gasteiger partial charge on any atom is -0.479 e. The molecule has 0 spiro atoms. The van der Waals surface area contributed by atoms with Gasteiger partial charge in [-0.15, -0.1) is 0 Å². The molecule has 0 aromatic rings. The van der Waals surface area contributed by atoms with Crippen LogP contribution in [0.1, 0.15) is 0 Å². The first-order valence-corrected chi connectivity index (χ1v) is 3.11. The molecule has 0 aromatic carbocycles. The summed E-state index contributed by atoms with van der Waals surface area (Å²) in [5, 5.41) is 8.48. The first kappa shape index (κ1) is 11.4. The lowest BCUT2D eigenvalue weighted by Gasteiger charge is -2.18. The van der Waals surface area contributed by atoms with Crippen molar-refractivity contribution in [2.45, 2.75) is 12.4 Å². The van der Waals surface area contributed by atoms with Crippen molar-refractivity contribution in [3.05, 3.63) is 0 Å². The topological polar surface area (TPSA) is 99.1 Å². The lowest BCUT2D eigenvalue weighted by atomic mass is 10.3. The Morgan fingerprint density at radius 1 is 1.31 bits per heavy atom. The average Bonchev–Trinajstić information content (AvgIpc) is 2.05. The van der Waals surface area contributed by atoms with Gasteiger partial charge in [0.1, 0.15) is 0 Å². The van der Waals surface area contributed by atoms with Crippen LogP contribution < -0.4 is 0 Å². The summed E-state index contributed by atoms with van der Waals surface area (Å²) in [5.41, 5.74) is 0. The molecule has 0 aliphatic rings. The summed E-state index contributed by atoms with van der Waals surface area (Å²) in [5.74, 6) is -1.41. The van der Waals surface area contributed by atoms with Crippen molar-refractivity contribution in [3.8, 4) is 0 Å². The van der Waals surface area contributed by atoms with Crippen LogP contribution in [-0.2, 0) is 28.6 Å². The summed E-state index contributed by atoms with van der Waals surface area (Å²) < 4.78 is 12.7. The second kappa shape index (κ2) is 5.95. The van der Waals surface area contributed by atoms with Crippen molar-refractivity contribution in [1.82, 2.24) is 0 Å². The molecule has 7 nitrogen and oxygen atoms in total. The molecular formula is C6H8O7. The predicted octanol–water partition coefficient (Wildman–Crippen LogP) is -1.24. The molecule has 0 heterocycles. The molecule has 0 aliphatic carbocycles. The number of methoxy groups -OCH3 is 1. The third-order valence-corrected chi connectivity index (χ3v) is 1.12. The molecule has 0 saturated carbocycles. The molecular weight excluding hydrogens is 184 g/mol. The zero-order valence-corrected chi connectivity index (χ0v) is 6.71. The van der Waals surface area contributed by atoms with Gasteiger partial charge in [0.15, 0.2) is 0 Å². The van der Waals surface area contributed by atoms with Gasteiger partial charge in [0.05, 0.1) is 0 Å². The molecule has 1 unspecified atom stereocenters. The van der Waals surface area contributed by atoms with Crippen LogP contribution in [0.5, 0.6) is 0 Å². The van der Waals surface area contributed by atoms with Gasteiger partial charge in [0, 0.05) is 7.11 Å². The van der Waals surface area contributed by atoms with Gasteiger partial charge in [-0.2, -0.15) is 0 Å². The van der Waals surface area contributed by atoms with E-state index in [1.807, 2.05) is 0 Å². The third kappa shape index (κ3) is 3.52. The lowest BCUT2D eigenvalue weighted by molar-refractivity contribution is -0.200. The van der Waals surface area contributed by atoms with E-state index in [1.54, 1.807) is 0 Å². The number of carboxylic acids is 1. The fourth-order valence-corrected chi connectivity index (χ4v) is 0.613. The summed E-state index contributed by atoms with van der Waals surface area (Å²) in [6.07, 6.45) is -3.10. The van der Waals surface area contributed by atoms with E-state index < -0.39 is 18.4 Å². The highest BCUT2D eigenvalue weighted by Crippen LogP contribution is 2.03. The zero-order chi connectivity index (χ0) is 10.3. The Hall–Kier alpha value is -1.63. The number of carbonyl (C=O) groups excluding carboxylic acids is 2. The fourth-order valence-electron chi connectivity index (χ4n) is 0.613. The predicted molar refractivity (Wildman–Crippen MR) is 36.5 cm³/mol. The maximum atomic E-state index is 10.4. The van der Waals surface area contributed by atoms with E-state index in [4.69, 9.17) is 5.11 Å². The first-order valence-electron chi connectivity index (χ1n) is 3.11. The van der Waals surface area contributed by atoms with Crippen molar-refractivity contribution in [2.24, 2.45) is 0 Å². The Morgan fingerprint density at radius 3 is 2.00 bits per heavy atom. The summed E-state index contributed by atoms with van der Waals surface area (Å²) >= 11 is 0. The van der Waals surface area contributed by atoms with Gasteiger partial charge in [0.25, 0.3) is 19.2 Å². The van der Waals surface area contributed by atoms with Crippen LogP contribution in [0, 0.1) is 0 Å². The van der Waals surface area contributed by atoms with Crippen molar-refractivity contribution >= 4 is 18.9 Å². The summed E-state index contributed by atoms with van der Waals surface area (Å²) in [4.78, 5) is 30.1. The average molecular weight is 192 g/mol. The number of rotatable bonds is 7. The van der Waals surface area contributed by atoms with Crippen molar-refractivity contribution in [2.75, 3.05) is 7.11 Å². The normalized spacial score (nSPS) is 11.8. The molecule has 0 rings (SSSR count). The summed E-state index contributed by atoms with van der Waals surface area (Å²) in [6.45, 7) is -0.0771. The Kier molecular flexibility index (Phi) is 5.20. The lowest BCUT2D eigenvalue weighted by Crippen LogP contribution is -2.39. The Labute approximate surface area is 73.2 Å². The Morgan fingerprint density at radius 2 is 1.77 bits per heavy atom. The molecule has 1 N–H and O–H groups in total. The number of hydrogen-bond donors (Lipinski definition) is 1. The highest BCUT2D eigenvalue weighted by atomic mass is 16.7. The minimum absolute atomic E-state index is 0.0386. The third-order valence-electron chi connectivity index (χ3n) is 1.12. The highest BCUT2D eigenvalue weighted by molar-refractivity contribution is 5.73. The van der Waals surface area contributed by atoms with Gasteiger partial charge in [-0.05, 0) is 0 Å². The summed E-state index contributed by atoms with van der Waals surface area (Å²) in [7, 11) is 1.08. The molecule has 0 aliphatic heterocycles. The van der Waals surface area contributed by atoms with E-state index in [0.29, 0.717) is 0 Å². The zero-order valence-electron chi connectivity index (χ0n) is 6.71. The maximum Gasteiger partial charge on any atom is 0.340 e. The van der Waals surface area contributed by atoms with Gasteiger partial charge in [-0.25, -0.2) is 4.79 Å². The Bertz CT molecular complexity index is 179. The monoisotopic (exact) mass is 192 g/mol. The number of carboxylic acid groups (broad SMARTS) is 1. The van der Waals surface area contributed by atoms with Crippen LogP contribution in [0.15, 0.2) is 0 Å². The molecule has 74 valence electrons. The van der Waals surface area contributed by atoms with E-state index in [-0.39, 0.29) is 12.9 Å². The second-order valence-corrected chi connectivity index (χ2v) is 1.83. The van der Waals surface area contributed by atoms with Crippen molar-refractivity contribution < 1.29 is 33.7 Å². The SMILES string of the molecule is COC(C(=O)O)C(OC=O)OC=O. The number of aliphatic carboxylic acids is 1. The molecule has 7 heteroatoms. The molecule has 0 fully saturated rings. The standard InChI is InChI=1S/C6H8O7/c1-11-4(5(9)10)6(12-2-7)13-3-8/h2-4,6H,1H3,(H,9,10). The van der Waals surface area contributed by atoms with Crippen molar-refractivity contribution in [3.63, 3.8) is 0 Å². The van der Waals surface area contributed by atoms with Gasteiger partial charge < -0.3 is 19.3 Å². The first-order chi connectivity index (χ1) is 6.17. The van der Waals surface area contributed by atoms with Crippen LogP contribution in [0.4, 0.5) is 0 Å². The van der Waals surface area contributed by atoms with Gasteiger partial charge in [-0.3, -0.25) is 9.59 Å². The van der Waals surface area contributed by atoms with Crippen LogP contribution in [0.2, 0.25) is 0 Å². The van der Waals surface area contributed by atoms with E-state index in [9.17, 15) is 14.4 Å². The number of hydrogen-bond acceptors (Lipinski definition) is 6. The van der Waals surface area contributed by atoms with E-state index in [0.717, 1.165) is 7.11 Å². The molecule has 13 heavy (non-hydrogen) atoms.